The van der Waals surface area contributed by atoms with E-state index in [-0.39, 0.29) is 9.77 Å². The molecule has 1 amide bonds. The first-order valence-corrected chi connectivity index (χ1v) is 12.8. The molecule has 0 saturated carbocycles. The number of nitrogens with zero attached hydrogens (tertiary/aromatic N) is 2. The molecule has 4 rings (SSSR count). The third kappa shape index (κ3) is 4.72. The average molecular weight is 470 g/mol. The summed E-state index contributed by atoms with van der Waals surface area (Å²) in [7, 11) is -3.76. The molecule has 1 N–H and O–H groups in total. The number of carbonyl (C=O) groups excluding carboxylic acids is 1. The average Bonchev–Trinajstić information content (AvgIpc) is 3.24. The van der Waals surface area contributed by atoms with Gasteiger partial charge in [-0.15, -0.1) is 11.3 Å². The number of thiophene rings is 1. The van der Waals surface area contributed by atoms with E-state index in [2.05, 4.69) is 16.3 Å². The van der Waals surface area contributed by atoms with E-state index < -0.39 is 15.9 Å². The summed E-state index contributed by atoms with van der Waals surface area (Å²) in [6.45, 7) is 7.94. The van der Waals surface area contributed by atoms with Gasteiger partial charge >= 0.3 is 0 Å². The minimum atomic E-state index is -3.76. The summed E-state index contributed by atoms with van der Waals surface area (Å²) in [6, 6.07) is 15.5. The molecule has 2 heterocycles. The number of hydrogen-bond donors (Lipinski definition) is 1. The van der Waals surface area contributed by atoms with Crippen molar-refractivity contribution in [2.75, 3.05) is 36.4 Å². The Labute approximate surface area is 193 Å². The molecular formula is C24H27N3O3S2. The maximum absolute atomic E-state index is 13.4. The number of carbonyl (C=O) groups is 1. The van der Waals surface area contributed by atoms with Crippen LogP contribution in [-0.4, -0.2) is 44.8 Å². The van der Waals surface area contributed by atoms with Crippen LogP contribution in [0.5, 0.6) is 0 Å². The lowest BCUT2D eigenvalue weighted by molar-refractivity contribution is 0.102. The topological polar surface area (TPSA) is 69.7 Å². The van der Waals surface area contributed by atoms with Gasteiger partial charge in [0, 0.05) is 37.6 Å². The number of benzene rings is 2. The second-order valence-corrected chi connectivity index (χ2v) is 11.0. The van der Waals surface area contributed by atoms with Gasteiger partial charge < -0.3 is 10.2 Å². The van der Waals surface area contributed by atoms with Crippen molar-refractivity contribution in [3.05, 3.63) is 75.5 Å². The number of rotatable bonds is 5. The largest absolute Gasteiger partial charge is 0.369 e. The Hall–Kier alpha value is -2.68. The number of nitrogens with one attached hydrogen (secondary N) is 1. The molecule has 3 aromatic rings. The van der Waals surface area contributed by atoms with Gasteiger partial charge in [-0.05, 0) is 73.2 Å². The van der Waals surface area contributed by atoms with Crippen molar-refractivity contribution < 1.29 is 13.2 Å². The molecule has 1 aliphatic rings. The van der Waals surface area contributed by atoms with Gasteiger partial charge in [0.15, 0.2) is 0 Å². The number of aryl methyl sites for hydroxylation is 3. The fraction of sp³-hybridized carbons (Fsp3) is 0.292. The molecule has 1 fully saturated rings. The predicted molar refractivity (Wildman–Crippen MR) is 130 cm³/mol. The zero-order chi connectivity index (χ0) is 22.9. The molecule has 0 spiro atoms. The monoisotopic (exact) mass is 469 g/mol. The van der Waals surface area contributed by atoms with Crippen molar-refractivity contribution >= 4 is 38.6 Å². The summed E-state index contributed by atoms with van der Waals surface area (Å²) in [5.41, 5.74) is 5.01. The maximum atomic E-state index is 13.4. The summed E-state index contributed by atoms with van der Waals surface area (Å²) in [5.74, 6) is -0.401. The van der Waals surface area contributed by atoms with Crippen LogP contribution in [0.15, 0.2) is 58.8 Å². The standard InChI is InChI=1S/C24H27N3O3S2/c1-17-5-4-6-21(16-17)26-8-10-27(11-9-26)32(29,30)22-7-12-31-23(22)24(28)25-20-14-18(2)13-19(3)15-20/h4-7,12-16H,8-11H2,1-3H3,(H,25,28). The Balaban J connectivity index is 1.49. The van der Waals surface area contributed by atoms with Crippen LogP contribution < -0.4 is 10.2 Å². The fourth-order valence-corrected chi connectivity index (χ4v) is 6.77. The zero-order valence-corrected chi connectivity index (χ0v) is 20.1. The lowest BCUT2D eigenvalue weighted by Crippen LogP contribution is -2.48. The van der Waals surface area contributed by atoms with Crippen molar-refractivity contribution in [1.82, 2.24) is 4.31 Å². The van der Waals surface area contributed by atoms with Crippen LogP contribution in [0, 0.1) is 20.8 Å². The normalized spacial score (nSPS) is 15.0. The number of anilines is 2. The lowest BCUT2D eigenvalue weighted by atomic mass is 10.1. The van der Waals surface area contributed by atoms with Gasteiger partial charge in [0.1, 0.15) is 9.77 Å². The van der Waals surface area contributed by atoms with E-state index in [0.29, 0.717) is 31.9 Å². The van der Waals surface area contributed by atoms with Crippen LogP contribution in [0.1, 0.15) is 26.4 Å². The number of amides is 1. The van der Waals surface area contributed by atoms with Crippen LogP contribution in [0.3, 0.4) is 0 Å². The van der Waals surface area contributed by atoms with E-state index in [1.165, 1.54) is 15.9 Å². The molecule has 8 heteroatoms. The van der Waals surface area contributed by atoms with Gasteiger partial charge in [-0.1, -0.05) is 18.2 Å². The Bertz CT molecular complexity index is 1220. The number of piperazine rings is 1. The van der Waals surface area contributed by atoms with Gasteiger partial charge in [-0.25, -0.2) is 8.42 Å². The summed E-state index contributed by atoms with van der Waals surface area (Å²) in [6.07, 6.45) is 0. The van der Waals surface area contributed by atoms with Gasteiger partial charge in [-0.3, -0.25) is 4.79 Å². The molecule has 1 aromatic heterocycles. The van der Waals surface area contributed by atoms with Crippen molar-refractivity contribution in [1.29, 1.82) is 0 Å². The third-order valence-electron chi connectivity index (χ3n) is 5.54. The molecule has 2 aromatic carbocycles. The van der Waals surface area contributed by atoms with Gasteiger partial charge in [-0.2, -0.15) is 4.31 Å². The lowest BCUT2D eigenvalue weighted by Gasteiger charge is -2.35. The minimum Gasteiger partial charge on any atom is -0.369 e. The first-order valence-electron chi connectivity index (χ1n) is 10.5. The smallest absolute Gasteiger partial charge is 0.267 e. The van der Waals surface area contributed by atoms with E-state index in [4.69, 9.17) is 0 Å². The van der Waals surface area contributed by atoms with E-state index >= 15 is 0 Å². The molecule has 0 bridgehead atoms. The molecule has 6 nitrogen and oxygen atoms in total. The second-order valence-electron chi connectivity index (χ2n) is 8.17. The summed E-state index contributed by atoms with van der Waals surface area (Å²) >= 11 is 1.15. The molecule has 0 radical (unpaired) electrons. The van der Waals surface area contributed by atoms with Crippen LogP contribution in [0.2, 0.25) is 0 Å². The maximum Gasteiger partial charge on any atom is 0.267 e. The van der Waals surface area contributed by atoms with Crippen molar-refractivity contribution in [3.8, 4) is 0 Å². The Morgan fingerprint density at radius 1 is 0.906 bits per heavy atom. The highest BCUT2D eigenvalue weighted by Gasteiger charge is 2.32. The SMILES string of the molecule is Cc1cc(C)cc(NC(=O)c2sccc2S(=O)(=O)N2CCN(c3cccc(C)c3)CC2)c1. The van der Waals surface area contributed by atoms with Gasteiger partial charge in [0.2, 0.25) is 10.0 Å². The van der Waals surface area contributed by atoms with E-state index in [0.717, 1.165) is 28.2 Å². The minimum absolute atomic E-state index is 0.0772. The van der Waals surface area contributed by atoms with E-state index in [1.807, 2.05) is 57.2 Å². The Morgan fingerprint density at radius 2 is 1.59 bits per heavy atom. The van der Waals surface area contributed by atoms with Crippen molar-refractivity contribution in [2.45, 2.75) is 25.7 Å². The quantitative estimate of drug-likeness (QED) is 0.600. The summed E-state index contributed by atoms with van der Waals surface area (Å²) in [5, 5.41) is 4.51. The molecule has 0 atom stereocenters. The molecular weight excluding hydrogens is 442 g/mol. The predicted octanol–water partition coefficient (Wildman–Crippen LogP) is 4.44. The third-order valence-corrected chi connectivity index (χ3v) is 8.52. The van der Waals surface area contributed by atoms with Crippen LogP contribution in [-0.2, 0) is 10.0 Å². The number of hydrogen-bond acceptors (Lipinski definition) is 5. The Morgan fingerprint density at radius 3 is 2.25 bits per heavy atom. The zero-order valence-electron chi connectivity index (χ0n) is 18.5. The van der Waals surface area contributed by atoms with Crippen LogP contribution in [0.4, 0.5) is 11.4 Å². The van der Waals surface area contributed by atoms with E-state index in [9.17, 15) is 13.2 Å². The highest BCUT2D eigenvalue weighted by atomic mass is 32.2. The van der Waals surface area contributed by atoms with Crippen LogP contribution in [0.25, 0.3) is 0 Å². The van der Waals surface area contributed by atoms with Gasteiger partial charge in [0.25, 0.3) is 5.91 Å². The molecule has 168 valence electrons. The molecule has 0 aliphatic carbocycles. The van der Waals surface area contributed by atoms with Crippen LogP contribution >= 0.6 is 11.3 Å². The molecule has 1 aliphatic heterocycles. The second kappa shape index (κ2) is 9.05. The molecule has 0 unspecified atom stereocenters. The van der Waals surface area contributed by atoms with Crippen molar-refractivity contribution in [3.63, 3.8) is 0 Å². The first-order chi connectivity index (χ1) is 15.2. The first kappa shape index (κ1) is 22.5. The van der Waals surface area contributed by atoms with E-state index in [1.54, 1.807) is 5.38 Å². The highest BCUT2D eigenvalue weighted by Crippen LogP contribution is 2.28. The summed E-state index contributed by atoms with van der Waals surface area (Å²) < 4.78 is 28.2. The molecule has 32 heavy (non-hydrogen) atoms. The Kier molecular flexibility index (Phi) is 6.37. The molecule has 1 saturated heterocycles. The fourth-order valence-electron chi connectivity index (χ4n) is 4.05. The number of sulfonamides is 1. The highest BCUT2D eigenvalue weighted by molar-refractivity contribution is 7.89. The van der Waals surface area contributed by atoms with Crippen molar-refractivity contribution in [2.24, 2.45) is 0 Å². The summed E-state index contributed by atoms with van der Waals surface area (Å²) in [4.78, 5) is 15.4. The van der Waals surface area contributed by atoms with Gasteiger partial charge in [0.05, 0.1) is 0 Å².